The maximum Gasteiger partial charge on any atom is 0.311 e. The summed E-state index contributed by atoms with van der Waals surface area (Å²) in [4.78, 5) is 21.9. The first-order valence-electron chi connectivity index (χ1n) is 6.39. The molecule has 0 aromatic heterocycles. The number of carboxylic acids is 1. The summed E-state index contributed by atoms with van der Waals surface area (Å²) in [5, 5.41) is 23.3. The van der Waals surface area contributed by atoms with E-state index < -0.39 is 28.2 Å². The van der Waals surface area contributed by atoms with E-state index in [1.165, 1.54) is 0 Å². The number of carboxylic acid groups (broad SMARTS) is 1. The number of aliphatic carboxylic acids is 1. The standard InChI is InChI=1S/C13H14FIN2O4/c1-13(12(18)19)4-2-3-11(13)16-9-5-7(14)8(15)6-10(9)17(20)21/h5-6,11,16H,2-4H2,1H3,(H,18,19). The summed E-state index contributed by atoms with van der Waals surface area (Å²) in [6.07, 6.45) is 1.77. The Morgan fingerprint density at radius 3 is 2.86 bits per heavy atom. The fourth-order valence-corrected chi connectivity index (χ4v) is 3.10. The van der Waals surface area contributed by atoms with Gasteiger partial charge in [-0.3, -0.25) is 14.9 Å². The highest BCUT2D eigenvalue weighted by Crippen LogP contribution is 2.41. The lowest BCUT2D eigenvalue weighted by Crippen LogP contribution is -2.40. The summed E-state index contributed by atoms with van der Waals surface area (Å²) in [5.74, 6) is -1.52. The number of anilines is 1. The summed E-state index contributed by atoms with van der Waals surface area (Å²) in [7, 11) is 0. The molecule has 1 aliphatic rings. The second-order valence-corrected chi connectivity index (χ2v) is 6.51. The molecule has 1 aromatic rings. The van der Waals surface area contributed by atoms with Crippen molar-refractivity contribution in [2.24, 2.45) is 5.41 Å². The first-order valence-corrected chi connectivity index (χ1v) is 7.47. The zero-order valence-electron chi connectivity index (χ0n) is 11.2. The maximum atomic E-state index is 13.7. The summed E-state index contributed by atoms with van der Waals surface area (Å²) in [5.41, 5.74) is -1.23. The minimum atomic E-state index is -1.01. The topological polar surface area (TPSA) is 92.5 Å². The predicted molar refractivity (Wildman–Crippen MR) is 82.8 cm³/mol. The van der Waals surface area contributed by atoms with E-state index >= 15 is 0 Å². The van der Waals surface area contributed by atoms with Crippen molar-refractivity contribution in [3.8, 4) is 0 Å². The molecule has 1 fully saturated rings. The minimum Gasteiger partial charge on any atom is -0.481 e. The van der Waals surface area contributed by atoms with Crippen molar-refractivity contribution in [1.82, 2.24) is 0 Å². The van der Waals surface area contributed by atoms with Gasteiger partial charge in [-0.15, -0.1) is 0 Å². The molecular formula is C13H14FIN2O4. The Morgan fingerprint density at radius 1 is 1.62 bits per heavy atom. The molecule has 2 N–H and O–H groups in total. The molecule has 0 heterocycles. The normalized spacial score (nSPS) is 24.8. The van der Waals surface area contributed by atoms with Crippen LogP contribution < -0.4 is 5.32 Å². The lowest BCUT2D eigenvalue weighted by atomic mass is 9.85. The Labute approximate surface area is 134 Å². The first kappa shape index (κ1) is 15.9. The van der Waals surface area contributed by atoms with E-state index in [-0.39, 0.29) is 14.9 Å². The van der Waals surface area contributed by atoms with Crippen molar-refractivity contribution in [3.63, 3.8) is 0 Å². The van der Waals surface area contributed by atoms with Crippen LogP contribution in [0.1, 0.15) is 26.2 Å². The van der Waals surface area contributed by atoms with E-state index in [0.29, 0.717) is 19.3 Å². The zero-order valence-corrected chi connectivity index (χ0v) is 13.4. The van der Waals surface area contributed by atoms with Crippen molar-refractivity contribution in [1.29, 1.82) is 0 Å². The van der Waals surface area contributed by atoms with Gasteiger partial charge in [-0.25, -0.2) is 4.39 Å². The molecule has 1 saturated carbocycles. The smallest absolute Gasteiger partial charge is 0.311 e. The molecule has 6 nitrogen and oxygen atoms in total. The number of nitro benzene ring substituents is 1. The van der Waals surface area contributed by atoms with Crippen molar-refractivity contribution < 1.29 is 19.2 Å². The van der Waals surface area contributed by atoms with Gasteiger partial charge in [0.25, 0.3) is 5.69 Å². The highest BCUT2D eigenvalue weighted by atomic mass is 127. The van der Waals surface area contributed by atoms with Crippen LogP contribution in [0.15, 0.2) is 12.1 Å². The van der Waals surface area contributed by atoms with Gasteiger partial charge in [-0.1, -0.05) is 6.42 Å². The third-order valence-corrected chi connectivity index (χ3v) is 4.84. The number of carbonyl (C=O) groups is 1. The van der Waals surface area contributed by atoms with Gasteiger partial charge in [-0.2, -0.15) is 0 Å². The van der Waals surface area contributed by atoms with Crippen LogP contribution in [0.4, 0.5) is 15.8 Å². The number of nitro groups is 1. The Kier molecular flexibility index (Phi) is 4.35. The number of hydrogen-bond donors (Lipinski definition) is 2. The molecule has 114 valence electrons. The molecule has 1 aliphatic carbocycles. The van der Waals surface area contributed by atoms with Gasteiger partial charge in [-0.05, 0) is 42.4 Å². The molecule has 2 atom stereocenters. The monoisotopic (exact) mass is 408 g/mol. The maximum absolute atomic E-state index is 13.7. The summed E-state index contributed by atoms with van der Waals surface area (Å²) < 4.78 is 13.8. The Morgan fingerprint density at radius 2 is 2.29 bits per heavy atom. The average molecular weight is 408 g/mol. The summed E-state index contributed by atoms with van der Waals surface area (Å²) in [6, 6.07) is 1.74. The highest BCUT2D eigenvalue weighted by molar-refractivity contribution is 14.1. The quantitative estimate of drug-likeness (QED) is 0.453. The van der Waals surface area contributed by atoms with E-state index in [2.05, 4.69) is 5.32 Å². The van der Waals surface area contributed by atoms with Crippen LogP contribution in [0.5, 0.6) is 0 Å². The number of nitrogens with zero attached hydrogens (tertiary/aromatic N) is 1. The zero-order chi connectivity index (χ0) is 15.8. The second-order valence-electron chi connectivity index (χ2n) is 5.35. The SMILES string of the molecule is CC1(C(=O)O)CCCC1Nc1cc(F)c(I)cc1[N+](=O)[O-]. The molecule has 2 rings (SSSR count). The lowest BCUT2D eigenvalue weighted by molar-refractivity contribution is -0.384. The summed E-state index contributed by atoms with van der Waals surface area (Å²) in [6.45, 7) is 1.61. The number of rotatable bonds is 4. The lowest BCUT2D eigenvalue weighted by Gasteiger charge is -2.28. The van der Waals surface area contributed by atoms with Crippen LogP contribution in [-0.2, 0) is 4.79 Å². The van der Waals surface area contributed by atoms with Crippen LogP contribution in [0.3, 0.4) is 0 Å². The third kappa shape index (κ3) is 2.94. The predicted octanol–water partition coefficient (Wildman–Crippen LogP) is 3.39. The van der Waals surface area contributed by atoms with Gasteiger partial charge in [0.1, 0.15) is 11.5 Å². The molecule has 0 saturated heterocycles. The van der Waals surface area contributed by atoms with E-state index in [9.17, 15) is 24.4 Å². The van der Waals surface area contributed by atoms with Gasteiger partial charge in [0, 0.05) is 18.2 Å². The first-order chi connectivity index (χ1) is 9.75. The molecule has 0 radical (unpaired) electrons. The Balaban J connectivity index is 2.37. The van der Waals surface area contributed by atoms with Crippen LogP contribution >= 0.6 is 22.6 Å². The van der Waals surface area contributed by atoms with Crippen LogP contribution in [0, 0.1) is 24.9 Å². The molecule has 2 unspecified atom stereocenters. The van der Waals surface area contributed by atoms with Crippen molar-refractivity contribution in [2.45, 2.75) is 32.2 Å². The molecule has 0 aliphatic heterocycles. The molecule has 0 bridgehead atoms. The largest absolute Gasteiger partial charge is 0.481 e. The molecular weight excluding hydrogens is 394 g/mol. The number of hydrogen-bond acceptors (Lipinski definition) is 4. The van der Waals surface area contributed by atoms with E-state index in [1.807, 2.05) is 0 Å². The van der Waals surface area contributed by atoms with Gasteiger partial charge in [0.05, 0.1) is 13.9 Å². The van der Waals surface area contributed by atoms with E-state index in [4.69, 9.17) is 0 Å². The second kappa shape index (κ2) is 5.74. The minimum absolute atomic E-state index is 0.0253. The van der Waals surface area contributed by atoms with Crippen LogP contribution in [-0.4, -0.2) is 22.0 Å². The van der Waals surface area contributed by atoms with E-state index in [1.54, 1.807) is 29.5 Å². The van der Waals surface area contributed by atoms with Crippen molar-refractivity contribution in [2.75, 3.05) is 5.32 Å². The Bertz CT molecular complexity index is 610. The Hall–Kier alpha value is -1.45. The van der Waals surface area contributed by atoms with Crippen LogP contribution in [0.2, 0.25) is 0 Å². The third-order valence-electron chi connectivity index (χ3n) is 4.01. The van der Waals surface area contributed by atoms with Crippen molar-refractivity contribution >= 4 is 39.9 Å². The molecule has 21 heavy (non-hydrogen) atoms. The molecule has 0 spiro atoms. The fraction of sp³-hybridized carbons (Fsp3) is 0.462. The van der Waals surface area contributed by atoms with E-state index in [0.717, 1.165) is 12.1 Å². The molecule has 8 heteroatoms. The number of halogens is 2. The molecule has 0 amide bonds. The fourth-order valence-electron chi connectivity index (χ4n) is 2.64. The highest BCUT2D eigenvalue weighted by Gasteiger charge is 2.45. The van der Waals surface area contributed by atoms with Gasteiger partial charge in [0.2, 0.25) is 0 Å². The van der Waals surface area contributed by atoms with Gasteiger partial charge in [0.15, 0.2) is 0 Å². The van der Waals surface area contributed by atoms with Gasteiger partial charge >= 0.3 is 5.97 Å². The van der Waals surface area contributed by atoms with Gasteiger partial charge < -0.3 is 10.4 Å². The summed E-state index contributed by atoms with van der Waals surface area (Å²) >= 11 is 1.68. The average Bonchev–Trinajstić information content (AvgIpc) is 2.76. The molecule has 1 aromatic carbocycles. The number of nitrogens with one attached hydrogen (secondary N) is 1. The number of benzene rings is 1. The van der Waals surface area contributed by atoms with Crippen molar-refractivity contribution in [3.05, 3.63) is 31.6 Å². The van der Waals surface area contributed by atoms with Crippen LogP contribution in [0.25, 0.3) is 0 Å².